The van der Waals surface area contributed by atoms with Gasteiger partial charge in [-0.3, -0.25) is 4.99 Å². The summed E-state index contributed by atoms with van der Waals surface area (Å²) in [6.07, 6.45) is 2.12. The van der Waals surface area contributed by atoms with Crippen molar-refractivity contribution in [3.05, 3.63) is 59.3 Å². The number of methoxy groups -OCH3 is 2. The van der Waals surface area contributed by atoms with E-state index in [1.54, 1.807) is 32.4 Å². The Kier molecular flexibility index (Phi) is 10.1. The van der Waals surface area contributed by atoms with Crippen LogP contribution in [0.1, 0.15) is 29.7 Å². The number of fused-ring (bicyclic) bond motifs is 1. The number of aromatic amines is 1. The number of aryl methyl sites for hydroxylation is 1. The summed E-state index contributed by atoms with van der Waals surface area (Å²) in [5.74, 6) is 1.94. The largest absolute Gasteiger partial charge is 0.497 e. The van der Waals surface area contributed by atoms with Crippen molar-refractivity contribution in [2.24, 2.45) is 4.99 Å². The average molecular weight is 552 g/mol. The molecule has 0 saturated carbocycles. The fourth-order valence-electron chi connectivity index (χ4n) is 3.60. The quantitative estimate of drug-likeness (QED) is 0.184. The molecule has 3 rings (SSSR count). The molecular weight excluding hydrogens is 519 g/mol. The number of nitrogens with one attached hydrogen (secondary N) is 3. The van der Waals surface area contributed by atoms with Gasteiger partial charge >= 0.3 is 0 Å². The molecule has 32 heavy (non-hydrogen) atoms. The van der Waals surface area contributed by atoms with Gasteiger partial charge in [-0.05, 0) is 49.6 Å². The van der Waals surface area contributed by atoms with Gasteiger partial charge in [-0.15, -0.1) is 24.0 Å². The molecule has 0 aliphatic heterocycles. The molecule has 7 nitrogen and oxygen atoms in total. The zero-order chi connectivity index (χ0) is 22.2. The van der Waals surface area contributed by atoms with E-state index in [1.165, 1.54) is 22.0 Å². The molecule has 2 aromatic carbocycles. The van der Waals surface area contributed by atoms with Crippen molar-refractivity contribution < 1.29 is 14.6 Å². The highest BCUT2D eigenvalue weighted by molar-refractivity contribution is 14.0. The van der Waals surface area contributed by atoms with Crippen LogP contribution in [-0.2, 0) is 6.42 Å². The maximum Gasteiger partial charge on any atom is 0.191 e. The van der Waals surface area contributed by atoms with E-state index in [0.717, 1.165) is 19.5 Å². The molecule has 0 radical (unpaired) electrons. The number of aliphatic hydroxyl groups is 1. The summed E-state index contributed by atoms with van der Waals surface area (Å²) in [5.41, 5.74) is 4.35. The Morgan fingerprint density at radius 2 is 1.97 bits per heavy atom. The van der Waals surface area contributed by atoms with Crippen molar-refractivity contribution >= 4 is 40.8 Å². The standard InChI is InChI=1S/C24H32N4O3.HI/c1-5-25-24(26-12-11-17-14-27-23-16(2)7-6-8-19(17)23)28-15-21(29)20-13-18(30-3)9-10-22(20)31-4;/h6-10,13-14,21,27,29H,5,11-12,15H2,1-4H3,(H2,25,26,28);1H. The van der Waals surface area contributed by atoms with Crippen LogP contribution in [0.15, 0.2) is 47.6 Å². The minimum absolute atomic E-state index is 0. The fraction of sp³-hybridized carbons (Fsp3) is 0.375. The van der Waals surface area contributed by atoms with Crippen LogP contribution < -0.4 is 20.1 Å². The second kappa shape index (κ2) is 12.5. The Hall–Kier alpha value is -2.46. The predicted molar refractivity (Wildman–Crippen MR) is 141 cm³/mol. The molecule has 1 atom stereocenters. The van der Waals surface area contributed by atoms with E-state index < -0.39 is 6.10 Å². The zero-order valence-electron chi connectivity index (χ0n) is 19.1. The number of hydrogen-bond donors (Lipinski definition) is 4. The van der Waals surface area contributed by atoms with Crippen molar-refractivity contribution in [3.8, 4) is 11.5 Å². The van der Waals surface area contributed by atoms with Crippen LogP contribution >= 0.6 is 24.0 Å². The predicted octanol–water partition coefficient (Wildman–Crippen LogP) is 3.94. The SMILES string of the molecule is CCNC(=NCC(O)c1cc(OC)ccc1OC)NCCc1c[nH]c2c(C)cccc12.I. The lowest BCUT2D eigenvalue weighted by atomic mass is 10.1. The second-order valence-electron chi connectivity index (χ2n) is 7.33. The number of guanidine groups is 1. The summed E-state index contributed by atoms with van der Waals surface area (Å²) in [5, 5.41) is 18.5. The molecule has 0 aliphatic rings. The van der Waals surface area contributed by atoms with Crippen LogP contribution in [0.25, 0.3) is 10.9 Å². The third-order valence-electron chi connectivity index (χ3n) is 5.26. The van der Waals surface area contributed by atoms with Gasteiger partial charge in [0.05, 0.1) is 20.8 Å². The molecule has 1 heterocycles. The van der Waals surface area contributed by atoms with E-state index in [-0.39, 0.29) is 30.5 Å². The Morgan fingerprint density at radius 1 is 1.16 bits per heavy atom. The summed E-state index contributed by atoms with van der Waals surface area (Å²) in [6, 6.07) is 11.7. The van der Waals surface area contributed by atoms with Crippen LogP contribution in [0.2, 0.25) is 0 Å². The highest BCUT2D eigenvalue weighted by atomic mass is 127. The molecule has 0 spiro atoms. The minimum Gasteiger partial charge on any atom is -0.497 e. The van der Waals surface area contributed by atoms with Crippen molar-refractivity contribution in [1.29, 1.82) is 0 Å². The molecule has 0 saturated heterocycles. The number of aliphatic hydroxyl groups excluding tert-OH is 1. The van der Waals surface area contributed by atoms with Crippen molar-refractivity contribution in [1.82, 2.24) is 15.6 Å². The van der Waals surface area contributed by atoms with Gasteiger partial charge in [-0.2, -0.15) is 0 Å². The normalized spacial score (nSPS) is 12.2. The smallest absolute Gasteiger partial charge is 0.191 e. The monoisotopic (exact) mass is 552 g/mol. The number of rotatable bonds is 9. The van der Waals surface area contributed by atoms with Crippen LogP contribution in [0.5, 0.6) is 11.5 Å². The van der Waals surface area contributed by atoms with Crippen molar-refractivity contribution in [2.75, 3.05) is 33.9 Å². The number of para-hydroxylation sites is 1. The van der Waals surface area contributed by atoms with Gasteiger partial charge in [0.25, 0.3) is 0 Å². The molecule has 174 valence electrons. The van der Waals surface area contributed by atoms with Gasteiger partial charge in [-0.25, -0.2) is 0 Å². The van der Waals surface area contributed by atoms with E-state index in [1.807, 2.05) is 6.92 Å². The number of H-pyrrole nitrogens is 1. The number of nitrogens with zero attached hydrogens (tertiary/aromatic N) is 1. The minimum atomic E-state index is -0.808. The van der Waals surface area contributed by atoms with E-state index in [0.29, 0.717) is 23.0 Å². The first-order valence-corrected chi connectivity index (χ1v) is 10.5. The second-order valence-corrected chi connectivity index (χ2v) is 7.33. The molecule has 8 heteroatoms. The lowest BCUT2D eigenvalue weighted by Gasteiger charge is -2.16. The number of aromatic nitrogens is 1. The number of aliphatic imine (C=N–C) groups is 1. The average Bonchev–Trinajstić information content (AvgIpc) is 3.21. The molecule has 4 N–H and O–H groups in total. The summed E-state index contributed by atoms with van der Waals surface area (Å²) in [7, 11) is 3.18. The van der Waals surface area contributed by atoms with E-state index in [9.17, 15) is 5.11 Å². The van der Waals surface area contributed by atoms with Crippen molar-refractivity contribution in [3.63, 3.8) is 0 Å². The maximum absolute atomic E-state index is 10.7. The number of halogens is 1. The molecule has 1 aromatic heterocycles. The van der Waals surface area contributed by atoms with Crippen LogP contribution in [-0.4, -0.2) is 49.9 Å². The number of benzene rings is 2. The Bertz CT molecular complexity index is 1040. The first kappa shape index (κ1) is 25.8. The molecule has 1 unspecified atom stereocenters. The zero-order valence-corrected chi connectivity index (χ0v) is 21.4. The highest BCUT2D eigenvalue weighted by Gasteiger charge is 2.15. The lowest BCUT2D eigenvalue weighted by Crippen LogP contribution is -2.38. The molecular formula is C24H33IN4O3. The molecule has 0 amide bonds. The third-order valence-corrected chi connectivity index (χ3v) is 5.26. The first-order chi connectivity index (χ1) is 15.1. The Balaban J connectivity index is 0.00000363. The Morgan fingerprint density at radius 3 is 2.69 bits per heavy atom. The lowest BCUT2D eigenvalue weighted by molar-refractivity contribution is 0.182. The van der Waals surface area contributed by atoms with Gasteiger partial charge in [0.15, 0.2) is 5.96 Å². The Labute approximate surface area is 206 Å². The molecule has 0 aliphatic carbocycles. The van der Waals surface area contributed by atoms with Gasteiger partial charge in [-0.1, -0.05) is 18.2 Å². The summed E-state index contributed by atoms with van der Waals surface area (Å²) in [6.45, 7) is 5.79. The summed E-state index contributed by atoms with van der Waals surface area (Å²) in [4.78, 5) is 7.93. The van der Waals surface area contributed by atoms with Gasteiger partial charge in [0.1, 0.15) is 17.6 Å². The van der Waals surface area contributed by atoms with Gasteiger partial charge in [0, 0.05) is 35.8 Å². The third kappa shape index (κ3) is 6.29. The van der Waals surface area contributed by atoms with Crippen LogP contribution in [0, 0.1) is 6.92 Å². The van der Waals surface area contributed by atoms with E-state index in [4.69, 9.17) is 9.47 Å². The van der Waals surface area contributed by atoms with E-state index in [2.05, 4.69) is 51.9 Å². The summed E-state index contributed by atoms with van der Waals surface area (Å²) < 4.78 is 10.6. The van der Waals surface area contributed by atoms with Crippen LogP contribution in [0.3, 0.4) is 0 Å². The number of hydrogen-bond acceptors (Lipinski definition) is 4. The molecule has 0 bridgehead atoms. The van der Waals surface area contributed by atoms with Crippen LogP contribution in [0.4, 0.5) is 0 Å². The highest BCUT2D eigenvalue weighted by Crippen LogP contribution is 2.29. The maximum atomic E-state index is 10.7. The number of ether oxygens (including phenoxy) is 2. The van der Waals surface area contributed by atoms with Gasteiger partial charge in [0.2, 0.25) is 0 Å². The first-order valence-electron chi connectivity index (χ1n) is 10.5. The topological polar surface area (TPSA) is 90.9 Å². The van der Waals surface area contributed by atoms with E-state index >= 15 is 0 Å². The fourth-order valence-corrected chi connectivity index (χ4v) is 3.60. The van der Waals surface area contributed by atoms with Gasteiger partial charge < -0.3 is 30.2 Å². The summed E-state index contributed by atoms with van der Waals surface area (Å²) >= 11 is 0. The molecule has 0 fully saturated rings. The molecule has 3 aromatic rings. The van der Waals surface area contributed by atoms with Crippen molar-refractivity contribution in [2.45, 2.75) is 26.4 Å².